The minimum absolute atomic E-state index is 0.269. The summed E-state index contributed by atoms with van der Waals surface area (Å²) in [5.41, 5.74) is 2.11. The van der Waals surface area contributed by atoms with Gasteiger partial charge < -0.3 is 9.47 Å². The third-order valence-electron chi connectivity index (χ3n) is 3.25. The van der Waals surface area contributed by atoms with Crippen molar-refractivity contribution in [3.05, 3.63) is 77.5 Å². The maximum absolute atomic E-state index is 11.9. The van der Waals surface area contributed by atoms with Gasteiger partial charge in [-0.2, -0.15) is 0 Å². The molecule has 0 aromatic heterocycles. The van der Waals surface area contributed by atoms with E-state index >= 15 is 0 Å². The predicted molar refractivity (Wildman–Crippen MR) is 90.0 cm³/mol. The number of carbonyl (C=O) groups is 1. The van der Waals surface area contributed by atoms with E-state index in [1.54, 1.807) is 19.3 Å². The number of rotatable bonds is 4. The third kappa shape index (κ3) is 3.74. The van der Waals surface area contributed by atoms with Gasteiger partial charge in [0.05, 0.1) is 7.11 Å². The summed E-state index contributed by atoms with van der Waals surface area (Å²) in [6.07, 6.45) is 5.20. The number of esters is 1. The molecule has 0 radical (unpaired) electrons. The Morgan fingerprint density at radius 1 is 1.00 bits per heavy atom. The van der Waals surface area contributed by atoms with Gasteiger partial charge in [-0.3, -0.25) is 0 Å². The zero-order valence-electron chi connectivity index (χ0n) is 12.6. The Labute approximate surface area is 134 Å². The van der Waals surface area contributed by atoms with E-state index in [0.29, 0.717) is 0 Å². The Balaban J connectivity index is 1.80. The van der Waals surface area contributed by atoms with Crippen molar-refractivity contribution in [3.63, 3.8) is 0 Å². The van der Waals surface area contributed by atoms with Crippen LogP contribution in [0.4, 0.5) is 0 Å². The maximum Gasteiger partial charge on any atom is 0.363 e. The third-order valence-corrected chi connectivity index (χ3v) is 3.25. The summed E-state index contributed by atoms with van der Waals surface area (Å²) in [6, 6.07) is 17.1. The average molecular weight is 305 g/mol. The first-order valence-corrected chi connectivity index (χ1v) is 7.14. The monoisotopic (exact) mass is 305 g/mol. The lowest BCUT2D eigenvalue weighted by atomic mass is 10.2. The van der Waals surface area contributed by atoms with Gasteiger partial charge in [0.25, 0.3) is 0 Å². The van der Waals surface area contributed by atoms with Crippen molar-refractivity contribution in [1.29, 1.82) is 0 Å². The van der Waals surface area contributed by atoms with Crippen LogP contribution in [-0.2, 0) is 9.53 Å². The molecule has 1 aliphatic heterocycles. The van der Waals surface area contributed by atoms with Crippen LogP contribution in [-0.4, -0.2) is 19.0 Å². The largest absolute Gasteiger partial charge is 0.497 e. The van der Waals surface area contributed by atoms with Crippen LogP contribution < -0.4 is 4.74 Å². The van der Waals surface area contributed by atoms with E-state index in [1.807, 2.05) is 60.7 Å². The van der Waals surface area contributed by atoms with E-state index in [-0.39, 0.29) is 11.6 Å². The first-order chi connectivity index (χ1) is 11.2. The van der Waals surface area contributed by atoms with Gasteiger partial charge in [0.1, 0.15) is 5.75 Å². The molecule has 23 heavy (non-hydrogen) atoms. The molecular weight excluding hydrogens is 290 g/mol. The number of carbonyl (C=O) groups excluding carboxylic acids is 1. The van der Waals surface area contributed by atoms with E-state index in [4.69, 9.17) is 9.47 Å². The van der Waals surface area contributed by atoms with Gasteiger partial charge >= 0.3 is 5.97 Å². The number of hydrogen-bond donors (Lipinski definition) is 0. The molecule has 0 saturated carbocycles. The zero-order valence-corrected chi connectivity index (χ0v) is 12.6. The average Bonchev–Trinajstić information content (AvgIpc) is 2.94. The summed E-state index contributed by atoms with van der Waals surface area (Å²) in [5, 5.41) is 0. The molecule has 3 rings (SSSR count). The molecule has 0 atom stereocenters. The highest BCUT2D eigenvalue weighted by Gasteiger charge is 2.21. The summed E-state index contributed by atoms with van der Waals surface area (Å²) in [6.45, 7) is 0. The molecule has 4 heteroatoms. The summed E-state index contributed by atoms with van der Waals surface area (Å²) in [7, 11) is 1.60. The van der Waals surface area contributed by atoms with Crippen molar-refractivity contribution in [3.8, 4) is 5.75 Å². The van der Waals surface area contributed by atoms with E-state index in [0.717, 1.165) is 16.9 Å². The first-order valence-electron chi connectivity index (χ1n) is 7.14. The molecule has 4 nitrogen and oxygen atoms in total. The van der Waals surface area contributed by atoms with Crippen LogP contribution in [0.15, 0.2) is 71.4 Å². The number of hydrogen-bond acceptors (Lipinski definition) is 4. The molecule has 2 aromatic rings. The number of ether oxygens (including phenoxy) is 2. The van der Waals surface area contributed by atoms with Crippen LogP contribution in [0.2, 0.25) is 0 Å². The highest BCUT2D eigenvalue weighted by Crippen LogP contribution is 2.19. The molecule has 1 heterocycles. The lowest BCUT2D eigenvalue weighted by Gasteiger charge is -2.00. The molecule has 0 unspecified atom stereocenters. The van der Waals surface area contributed by atoms with Crippen molar-refractivity contribution in [2.24, 2.45) is 4.99 Å². The molecule has 0 N–H and O–H groups in total. The van der Waals surface area contributed by atoms with Crippen LogP contribution in [0.25, 0.3) is 12.2 Å². The smallest absolute Gasteiger partial charge is 0.363 e. The van der Waals surface area contributed by atoms with E-state index in [1.165, 1.54) is 0 Å². The van der Waals surface area contributed by atoms with Gasteiger partial charge in [-0.15, -0.1) is 0 Å². The highest BCUT2D eigenvalue weighted by molar-refractivity contribution is 6.11. The number of cyclic esters (lactones) is 1. The maximum atomic E-state index is 11.9. The van der Waals surface area contributed by atoms with Crippen molar-refractivity contribution >= 4 is 24.0 Å². The first kappa shape index (κ1) is 14.8. The molecule has 2 aromatic carbocycles. The Morgan fingerprint density at radius 2 is 1.78 bits per heavy atom. The van der Waals surface area contributed by atoms with Crippen LogP contribution in [0.3, 0.4) is 0 Å². The molecule has 0 saturated heterocycles. The second-order valence-corrected chi connectivity index (χ2v) is 4.89. The van der Waals surface area contributed by atoms with Crippen molar-refractivity contribution in [2.75, 3.05) is 7.11 Å². The van der Waals surface area contributed by atoms with Crippen LogP contribution in [0.1, 0.15) is 11.1 Å². The molecule has 0 bridgehead atoms. The fraction of sp³-hybridized carbons (Fsp3) is 0.0526. The number of aliphatic imine (C=N–C) groups is 1. The minimum Gasteiger partial charge on any atom is -0.497 e. The van der Waals surface area contributed by atoms with Crippen LogP contribution >= 0.6 is 0 Å². The van der Waals surface area contributed by atoms with Gasteiger partial charge in [0, 0.05) is 6.08 Å². The Kier molecular flexibility index (Phi) is 4.34. The SMILES string of the molecule is COc1cccc(/C=C2N=C(/C=C/c3ccccc3)OC/2=O)c1. The Morgan fingerprint density at radius 3 is 2.57 bits per heavy atom. The van der Waals surface area contributed by atoms with E-state index < -0.39 is 5.97 Å². The lowest BCUT2D eigenvalue weighted by Crippen LogP contribution is -2.01. The fourth-order valence-corrected chi connectivity index (χ4v) is 2.12. The van der Waals surface area contributed by atoms with E-state index in [2.05, 4.69) is 4.99 Å². The second-order valence-electron chi connectivity index (χ2n) is 4.89. The summed E-state index contributed by atoms with van der Waals surface area (Å²) >= 11 is 0. The van der Waals surface area contributed by atoms with Crippen molar-refractivity contribution in [2.45, 2.75) is 0 Å². The molecule has 0 fully saturated rings. The number of methoxy groups -OCH3 is 1. The highest BCUT2D eigenvalue weighted by atomic mass is 16.6. The fourth-order valence-electron chi connectivity index (χ4n) is 2.12. The molecule has 0 spiro atoms. The quantitative estimate of drug-likeness (QED) is 0.639. The second kappa shape index (κ2) is 6.75. The lowest BCUT2D eigenvalue weighted by molar-refractivity contribution is -0.129. The van der Waals surface area contributed by atoms with Gasteiger partial charge in [0.2, 0.25) is 5.90 Å². The molecule has 114 valence electrons. The topological polar surface area (TPSA) is 47.9 Å². The van der Waals surface area contributed by atoms with Crippen molar-refractivity contribution in [1.82, 2.24) is 0 Å². The summed E-state index contributed by atoms with van der Waals surface area (Å²) in [4.78, 5) is 16.1. The predicted octanol–water partition coefficient (Wildman–Crippen LogP) is 3.70. The molecule has 0 amide bonds. The van der Waals surface area contributed by atoms with Gasteiger partial charge in [-0.1, -0.05) is 42.5 Å². The zero-order chi connectivity index (χ0) is 16.1. The standard InChI is InChI=1S/C19H15NO3/c1-22-16-9-5-8-15(12-16)13-17-19(21)23-18(20-17)11-10-14-6-3-2-4-7-14/h2-13H,1H3/b11-10+,17-13+. The van der Waals surface area contributed by atoms with Gasteiger partial charge in [0.15, 0.2) is 5.70 Å². The van der Waals surface area contributed by atoms with Gasteiger partial charge in [-0.25, -0.2) is 9.79 Å². The molecular formula is C19H15NO3. The molecule has 0 aliphatic carbocycles. The molecule has 1 aliphatic rings. The summed E-state index contributed by atoms with van der Waals surface area (Å²) in [5.74, 6) is 0.549. The normalized spacial score (nSPS) is 15.8. The van der Waals surface area contributed by atoms with Crippen molar-refractivity contribution < 1.29 is 14.3 Å². The van der Waals surface area contributed by atoms with Crippen LogP contribution in [0.5, 0.6) is 5.75 Å². The van der Waals surface area contributed by atoms with E-state index in [9.17, 15) is 4.79 Å². The number of nitrogens with zero attached hydrogens (tertiary/aromatic N) is 1. The number of benzene rings is 2. The van der Waals surface area contributed by atoms with Gasteiger partial charge in [-0.05, 0) is 35.4 Å². The summed E-state index contributed by atoms with van der Waals surface area (Å²) < 4.78 is 10.3. The Hall–Kier alpha value is -3.14. The van der Waals surface area contributed by atoms with Crippen LogP contribution in [0, 0.1) is 0 Å². The minimum atomic E-state index is -0.458. The Bertz CT molecular complexity index is 804.